The van der Waals surface area contributed by atoms with Crippen molar-refractivity contribution >= 4 is 5.91 Å². The number of aromatic nitrogens is 1. The molecule has 1 fully saturated rings. The number of hydrogen-bond acceptors (Lipinski definition) is 3. The Morgan fingerprint density at radius 3 is 2.83 bits per heavy atom. The van der Waals surface area contributed by atoms with Gasteiger partial charge in [0.05, 0.1) is 12.6 Å². The highest BCUT2D eigenvalue weighted by Gasteiger charge is 2.18. The average Bonchev–Trinajstić information content (AvgIpc) is 2.93. The van der Waals surface area contributed by atoms with E-state index in [0.717, 1.165) is 19.6 Å². The van der Waals surface area contributed by atoms with Crippen molar-refractivity contribution in [1.29, 1.82) is 0 Å². The molecule has 1 aromatic heterocycles. The molecule has 1 aliphatic heterocycles. The minimum Gasteiger partial charge on any atom is -0.394 e. The quantitative estimate of drug-likeness (QED) is 0.717. The normalized spacial score (nSPS) is 18.5. The summed E-state index contributed by atoms with van der Waals surface area (Å²) in [5.41, 5.74) is 0.534. The fourth-order valence-electron chi connectivity index (χ4n) is 2.34. The van der Waals surface area contributed by atoms with Crippen molar-refractivity contribution in [2.24, 2.45) is 0 Å². The van der Waals surface area contributed by atoms with Crippen LogP contribution >= 0.6 is 0 Å². The Kier molecular flexibility index (Phi) is 4.78. The summed E-state index contributed by atoms with van der Waals surface area (Å²) in [6, 6.07) is 3.32. The molecular weight excluding hydrogens is 230 g/mol. The monoisotopic (exact) mass is 251 g/mol. The number of hydrogen-bond donors (Lipinski definition) is 3. The van der Waals surface area contributed by atoms with Crippen molar-refractivity contribution in [3.8, 4) is 0 Å². The molecule has 0 aliphatic carbocycles. The fourth-order valence-corrected chi connectivity index (χ4v) is 2.34. The standard InChI is InChI=1S/C13H21N3O2/c17-10-11(9-16-7-2-1-3-8-16)15-13(18)12-5-4-6-14-12/h4-6,11,14,17H,1-3,7-10H2,(H,15,18). The Morgan fingerprint density at radius 2 is 2.22 bits per heavy atom. The van der Waals surface area contributed by atoms with Crippen LogP contribution in [0.1, 0.15) is 29.8 Å². The van der Waals surface area contributed by atoms with E-state index in [0.29, 0.717) is 5.69 Å². The molecule has 0 aromatic carbocycles. The van der Waals surface area contributed by atoms with Crippen LogP contribution in [0.2, 0.25) is 0 Å². The van der Waals surface area contributed by atoms with E-state index in [9.17, 15) is 9.90 Å². The lowest BCUT2D eigenvalue weighted by Gasteiger charge is -2.30. The van der Waals surface area contributed by atoms with Crippen LogP contribution in [-0.2, 0) is 0 Å². The summed E-state index contributed by atoms with van der Waals surface area (Å²) in [6.07, 6.45) is 5.42. The SMILES string of the molecule is O=C(NC(CO)CN1CCCCC1)c1ccc[nH]1. The van der Waals surface area contributed by atoms with Gasteiger partial charge in [0.25, 0.3) is 5.91 Å². The number of H-pyrrole nitrogens is 1. The maximum Gasteiger partial charge on any atom is 0.268 e. The predicted molar refractivity (Wildman–Crippen MR) is 69.4 cm³/mol. The van der Waals surface area contributed by atoms with Gasteiger partial charge in [-0.15, -0.1) is 0 Å². The van der Waals surface area contributed by atoms with Crippen molar-refractivity contribution in [3.05, 3.63) is 24.0 Å². The van der Waals surface area contributed by atoms with Crippen molar-refractivity contribution < 1.29 is 9.90 Å². The minimum atomic E-state index is -0.195. The van der Waals surface area contributed by atoms with Gasteiger partial charge in [-0.05, 0) is 38.1 Å². The second-order valence-electron chi connectivity index (χ2n) is 4.80. The lowest BCUT2D eigenvalue weighted by atomic mass is 10.1. The Hall–Kier alpha value is -1.33. The molecule has 0 spiro atoms. The number of aromatic amines is 1. The van der Waals surface area contributed by atoms with E-state index in [4.69, 9.17) is 0 Å². The topological polar surface area (TPSA) is 68.4 Å². The third-order valence-corrected chi connectivity index (χ3v) is 3.33. The Labute approximate surface area is 107 Å². The molecule has 5 heteroatoms. The molecule has 1 unspecified atom stereocenters. The maximum atomic E-state index is 11.8. The number of nitrogens with zero attached hydrogens (tertiary/aromatic N) is 1. The van der Waals surface area contributed by atoms with Gasteiger partial charge in [-0.2, -0.15) is 0 Å². The number of piperidine rings is 1. The summed E-state index contributed by atoms with van der Waals surface area (Å²) in [6.45, 7) is 2.83. The second kappa shape index (κ2) is 6.56. The Bertz CT molecular complexity index is 358. The van der Waals surface area contributed by atoms with E-state index in [-0.39, 0.29) is 18.6 Å². The molecule has 2 heterocycles. The molecule has 0 saturated carbocycles. The molecule has 18 heavy (non-hydrogen) atoms. The van der Waals surface area contributed by atoms with Gasteiger partial charge in [0, 0.05) is 12.7 Å². The number of amides is 1. The fraction of sp³-hybridized carbons (Fsp3) is 0.615. The number of rotatable bonds is 5. The Balaban J connectivity index is 1.83. The van der Waals surface area contributed by atoms with Gasteiger partial charge in [-0.3, -0.25) is 4.79 Å². The summed E-state index contributed by atoms with van der Waals surface area (Å²) >= 11 is 0. The zero-order valence-electron chi connectivity index (χ0n) is 10.6. The highest BCUT2D eigenvalue weighted by molar-refractivity contribution is 5.92. The molecule has 0 radical (unpaired) electrons. The summed E-state index contributed by atoms with van der Waals surface area (Å²) in [5, 5.41) is 12.2. The Morgan fingerprint density at radius 1 is 1.44 bits per heavy atom. The summed E-state index contributed by atoms with van der Waals surface area (Å²) in [4.78, 5) is 17.0. The maximum absolute atomic E-state index is 11.8. The van der Waals surface area contributed by atoms with Crippen LogP contribution in [0.25, 0.3) is 0 Å². The van der Waals surface area contributed by atoms with E-state index in [1.54, 1.807) is 18.3 Å². The second-order valence-corrected chi connectivity index (χ2v) is 4.80. The first kappa shape index (κ1) is 13.1. The lowest BCUT2D eigenvalue weighted by Crippen LogP contribution is -2.47. The van der Waals surface area contributed by atoms with Gasteiger partial charge in [0.2, 0.25) is 0 Å². The van der Waals surface area contributed by atoms with E-state index in [1.165, 1.54) is 19.3 Å². The lowest BCUT2D eigenvalue weighted by molar-refractivity contribution is 0.0882. The molecule has 5 nitrogen and oxygen atoms in total. The van der Waals surface area contributed by atoms with E-state index in [2.05, 4.69) is 15.2 Å². The highest BCUT2D eigenvalue weighted by atomic mass is 16.3. The largest absolute Gasteiger partial charge is 0.394 e. The summed E-state index contributed by atoms with van der Waals surface area (Å²) in [5.74, 6) is -0.156. The van der Waals surface area contributed by atoms with E-state index in [1.807, 2.05) is 0 Å². The number of carbonyl (C=O) groups is 1. The molecule has 1 aliphatic rings. The van der Waals surface area contributed by atoms with Gasteiger partial charge in [-0.1, -0.05) is 6.42 Å². The number of carbonyl (C=O) groups excluding carboxylic acids is 1. The average molecular weight is 251 g/mol. The molecule has 1 aromatic rings. The van der Waals surface area contributed by atoms with Crippen LogP contribution in [0.4, 0.5) is 0 Å². The first-order valence-corrected chi connectivity index (χ1v) is 6.57. The van der Waals surface area contributed by atoms with Gasteiger partial charge in [-0.25, -0.2) is 0 Å². The zero-order valence-corrected chi connectivity index (χ0v) is 10.6. The minimum absolute atomic E-state index is 0.0249. The molecule has 1 saturated heterocycles. The number of aliphatic hydroxyl groups is 1. The first-order chi connectivity index (χ1) is 8.79. The van der Waals surface area contributed by atoms with Crippen molar-refractivity contribution in [3.63, 3.8) is 0 Å². The van der Waals surface area contributed by atoms with Crippen LogP contribution in [0, 0.1) is 0 Å². The van der Waals surface area contributed by atoms with Gasteiger partial charge < -0.3 is 20.3 Å². The van der Waals surface area contributed by atoms with Crippen LogP contribution in [0.15, 0.2) is 18.3 Å². The highest BCUT2D eigenvalue weighted by Crippen LogP contribution is 2.09. The third kappa shape index (κ3) is 3.58. The molecule has 1 atom stereocenters. The van der Waals surface area contributed by atoms with Gasteiger partial charge in [0.15, 0.2) is 0 Å². The predicted octanol–water partition coefficient (Wildman–Crippen LogP) is 0.591. The zero-order chi connectivity index (χ0) is 12.8. The summed E-state index contributed by atoms with van der Waals surface area (Å²) < 4.78 is 0. The number of nitrogens with one attached hydrogen (secondary N) is 2. The van der Waals surface area contributed by atoms with E-state index < -0.39 is 0 Å². The first-order valence-electron chi connectivity index (χ1n) is 6.57. The molecule has 100 valence electrons. The van der Waals surface area contributed by atoms with E-state index >= 15 is 0 Å². The molecule has 2 rings (SSSR count). The molecule has 0 bridgehead atoms. The smallest absolute Gasteiger partial charge is 0.268 e. The number of aliphatic hydroxyl groups excluding tert-OH is 1. The van der Waals surface area contributed by atoms with Crippen LogP contribution < -0.4 is 5.32 Å². The van der Waals surface area contributed by atoms with Gasteiger partial charge >= 0.3 is 0 Å². The van der Waals surface area contributed by atoms with Crippen molar-refractivity contribution in [2.75, 3.05) is 26.2 Å². The summed E-state index contributed by atoms with van der Waals surface area (Å²) in [7, 11) is 0. The van der Waals surface area contributed by atoms with Crippen LogP contribution in [-0.4, -0.2) is 53.2 Å². The third-order valence-electron chi connectivity index (χ3n) is 3.33. The van der Waals surface area contributed by atoms with Crippen molar-refractivity contribution in [1.82, 2.24) is 15.2 Å². The van der Waals surface area contributed by atoms with Gasteiger partial charge in [0.1, 0.15) is 5.69 Å². The van der Waals surface area contributed by atoms with Crippen molar-refractivity contribution in [2.45, 2.75) is 25.3 Å². The molecule has 1 amide bonds. The molecular formula is C13H21N3O2. The number of likely N-dealkylation sites (tertiary alicyclic amines) is 1. The van der Waals surface area contributed by atoms with Crippen LogP contribution in [0.5, 0.6) is 0 Å². The van der Waals surface area contributed by atoms with Crippen LogP contribution in [0.3, 0.4) is 0 Å². The molecule has 3 N–H and O–H groups in total.